The maximum atomic E-state index is 13.2. The second kappa shape index (κ2) is 8.57. The van der Waals surface area contributed by atoms with Crippen LogP contribution >= 0.6 is 0 Å². The first-order valence-corrected chi connectivity index (χ1v) is 9.77. The number of phenolic OH excluding ortho intramolecular Hbond substituents is 2. The minimum atomic E-state index is -1.75. The zero-order valence-electron chi connectivity index (χ0n) is 17.5. The molecule has 4 rings (SSSR count). The number of methoxy groups -OCH3 is 2. The van der Waals surface area contributed by atoms with E-state index in [9.17, 15) is 35.4 Å². The van der Waals surface area contributed by atoms with Crippen LogP contribution in [0.25, 0.3) is 21.9 Å². The molecule has 0 unspecified atom stereocenters. The molecule has 0 saturated carbocycles. The van der Waals surface area contributed by atoms with E-state index in [4.69, 9.17) is 23.4 Å². The third kappa shape index (κ3) is 3.57. The number of benzene rings is 2. The Morgan fingerprint density at radius 3 is 2.30 bits per heavy atom. The molecule has 0 bridgehead atoms. The third-order valence-electron chi connectivity index (χ3n) is 5.47. The minimum Gasteiger partial charge on any atom is -0.507 e. The molecular formula is C21H22O12. The quantitative estimate of drug-likeness (QED) is 0.266. The van der Waals surface area contributed by atoms with Crippen molar-refractivity contribution in [2.75, 3.05) is 20.8 Å². The molecule has 2 aromatic carbocycles. The van der Waals surface area contributed by atoms with Crippen LogP contribution in [-0.4, -0.2) is 82.2 Å². The van der Waals surface area contributed by atoms with Gasteiger partial charge in [0, 0.05) is 6.07 Å². The van der Waals surface area contributed by atoms with E-state index in [0.29, 0.717) is 0 Å². The fourth-order valence-corrected chi connectivity index (χ4v) is 3.72. The molecule has 6 N–H and O–H groups in total. The van der Waals surface area contributed by atoms with Gasteiger partial charge in [-0.05, 0) is 12.1 Å². The highest BCUT2D eigenvalue weighted by Crippen LogP contribution is 2.44. The highest BCUT2D eigenvalue weighted by atomic mass is 16.7. The van der Waals surface area contributed by atoms with E-state index >= 15 is 0 Å². The zero-order chi connectivity index (χ0) is 24.0. The summed E-state index contributed by atoms with van der Waals surface area (Å²) in [7, 11) is 2.55. The van der Waals surface area contributed by atoms with Crippen LogP contribution in [0.15, 0.2) is 27.4 Å². The average Bonchev–Trinajstić information content (AvgIpc) is 2.80. The van der Waals surface area contributed by atoms with Gasteiger partial charge in [0.05, 0.1) is 20.8 Å². The molecule has 12 nitrogen and oxygen atoms in total. The summed E-state index contributed by atoms with van der Waals surface area (Å²) in [6.07, 6.45) is -7.94. The lowest BCUT2D eigenvalue weighted by atomic mass is 9.99. The normalized spacial score (nSPS) is 25.3. The molecule has 3 aromatic rings. The summed E-state index contributed by atoms with van der Waals surface area (Å²) in [6.45, 7) is -0.681. The molecule has 1 aromatic heterocycles. The first-order valence-electron chi connectivity index (χ1n) is 9.77. The van der Waals surface area contributed by atoms with Crippen molar-refractivity contribution in [1.29, 1.82) is 0 Å². The molecule has 0 radical (unpaired) electrons. The van der Waals surface area contributed by atoms with Gasteiger partial charge in [0.1, 0.15) is 46.5 Å². The van der Waals surface area contributed by atoms with E-state index in [1.807, 2.05) is 0 Å². The maximum absolute atomic E-state index is 13.2. The molecule has 5 atom stereocenters. The van der Waals surface area contributed by atoms with E-state index in [2.05, 4.69) is 0 Å². The summed E-state index contributed by atoms with van der Waals surface area (Å²) in [6, 6.07) is 3.79. The number of aromatic hydroxyl groups is 2. The topological polar surface area (TPSA) is 189 Å². The van der Waals surface area contributed by atoms with E-state index in [1.165, 1.54) is 26.4 Å². The van der Waals surface area contributed by atoms with Crippen molar-refractivity contribution >= 4 is 21.9 Å². The van der Waals surface area contributed by atoms with E-state index in [1.54, 1.807) is 0 Å². The molecule has 2 heterocycles. The van der Waals surface area contributed by atoms with Crippen LogP contribution in [0, 0.1) is 0 Å². The molecule has 1 aliphatic rings. The number of aliphatic hydroxyl groups is 4. The lowest BCUT2D eigenvalue weighted by molar-refractivity contribution is -0.277. The second-order valence-electron chi connectivity index (χ2n) is 7.37. The SMILES string of the molecule is COc1cc(O)c2c(=O)c3c(O)c(OC)ccc3oc2c1O[C@@H]1O[C@H](CO)[C@@H](O)[C@H](O)[C@H]1O. The van der Waals surface area contributed by atoms with E-state index < -0.39 is 54.2 Å². The van der Waals surface area contributed by atoms with Gasteiger partial charge in [0.25, 0.3) is 0 Å². The Balaban J connectivity index is 1.93. The van der Waals surface area contributed by atoms with Crippen molar-refractivity contribution in [2.45, 2.75) is 30.7 Å². The fourth-order valence-electron chi connectivity index (χ4n) is 3.72. The summed E-state index contributed by atoms with van der Waals surface area (Å²) < 4.78 is 27.0. The van der Waals surface area contributed by atoms with Gasteiger partial charge in [-0.2, -0.15) is 0 Å². The minimum absolute atomic E-state index is 0.0138. The highest BCUT2D eigenvalue weighted by Gasteiger charge is 2.45. The number of fused-ring (bicyclic) bond motifs is 2. The maximum Gasteiger partial charge on any atom is 0.229 e. The van der Waals surface area contributed by atoms with Crippen molar-refractivity contribution in [1.82, 2.24) is 0 Å². The summed E-state index contributed by atoms with van der Waals surface area (Å²) in [5.74, 6) is -1.40. The molecule has 178 valence electrons. The first-order chi connectivity index (χ1) is 15.7. The van der Waals surface area contributed by atoms with Gasteiger partial charge in [-0.3, -0.25) is 4.79 Å². The highest BCUT2D eigenvalue weighted by molar-refractivity contribution is 6.00. The fraction of sp³-hybridized carbons (Fsp3) is 0.381. The Hall–Kier alpha value is -3.29. The van der Waals surface area contributed by atoms with Gasteiger partial charge < -0.3 is 54.0 Å². The van der Waals surface area contributed by atoms with Crippen LogP contribution in [0.2, 0.25) is 0 Å². The Morgan fingerprint density at radius 1 is 0.970 bits per heavy atom. The average molecular weight is 466 g/mol. The van der Waals surface area contributed by atoms with E-state index in [-0.39, 0.29) is 39.2 Å². The second-order valence-corrected chi connectivity index (χ2v) is 7.37. The van der Waals surface area contributed by atoms with Gasteiger partial charge >= 0.3 is 0 Å². The molecule has 0 aliphatic carbocycles. The van der Waals surface area contributed by atoms with Crippen LogP contribution in [-0.2, 0) is 4.74 Å². The first kappa shape index (κ1) is 22.9. The zero-order valence-corrected chi connectivity index (χ0v) is 17.5. The summed E-state index contributed by atoms with van der Waals surface area (Å²) in [4.78, 5) is 13.2. The summed E-state index contributed by atoms with van der Waals surface area (Å²) >= 11 is 0. The molecule has 33 heavy (non-hydrogen) atoms. The van der Waals surface area contributed by atoms with Crippen molar-refractivity contribution in [2.24, 2.45) is 0 Å². The number of aliphatic hydroxyl groups excluding tert-OH is 4. The van der Waals surface area contributed by atoms with Crippen molar-refractivity contribution in [3.63, 3.8) is 0 Å². The van der Waals surface area contributed by atoms with Crippen LogP contribution in [0.4, 0.5) is 0 Å². The van der Waals surface area contributed by atoms with Gasteiger partial charge in [0.15, 0.2) is 22.8 Å². The van der Waals surface area contributed by atoms with Crippen LogP contribution < -0.4 is 19.6 Å². The molecule has 1 aliphatic heterocycles. The smallest absolute Gasteiger partial charge is 0.229 e. The molecule has 1 saturated heterocycles. The number of ether oxygens (including phenoxy) is 4. The Labute approximate surface area is 185 Å². The predicted octanol–water partition coefficient (Wildman–Crippen LogP) is -0.447. The monoisotopic (exact) mass is 466 g/mol. The predicted molar refractivity (Wildman–Crippen MR) is 111 cm³/mol. The van der Waals surface area contributed by atoms with E-state index in [0.717, 1.165) is 6.07 Å². The standard InChI is InChI=1S/C21H22O12/c1-29-9-4-3-8-13(14(9)24)16(26)12-7(23)5-10(30-2)19(20(12)31-8)33-21-18(28)17(27)15(25)11(6-22)32-21/h3-5,11,15,17-18,21-25,27-28H,6H2,1-2H3/t11-,15-,17+,18-,21+/m1/s1. The molecule has 12 heteroatoms. The van der Waals surface area contributed by atoms with Crippen LogP contribution in [0.5, 0.6) is 28.7 Å². The van der Waals surface area contributed by atoms with Crippen molar-refractivity contribution < 1.29 is 54.0 Å². The van der Waals surface area contributed by atoms with Crippen molar-refractivity contribution in [3.05, 3.63) is 28.4 Å². The lowest BCUT2D eigenvalue weighted by Gasteiger charge is -2.39. The van der Waals surface area contributed by atoms with Crippen LogP contribution in [0.1, 0.15) is 0 Å². The Morgan fingerprint density at radius 2 is 1.67 bits per heavy atom. The molecule has 0 amide bonds. The summed E-state index contributed by atoms with van der Waals surface area (Å²) in [5, 5.41) is 60.0. The third-order valence-corrected chi connectivity index (χ3v) is 5.47. The van der Waals surface area contributed by atoms with Crippen LogP contribution in [0.3, 0.4) is 0 Å². The largest absolute Gasteiger partial charge is 0.507 e. The molecular weight excluding hydrogens is 444 g/mol. The van der Waals surface area contributed by atoms with Gasteiger partial charge in [-0.1, -0.05) is 0 Å². The molecule has 1 fully saturated rings. The number of hydrogen-bond donors (Lipinski definition) is 6. The molecule has 0 spiro atoms. The Bertz CT molecular complexity index is 1250. The van der Waals surface area contributed by atoms with Gasteiger partial charge in [0.2, 0.25) is 17.5 Å². The lowest BCUT2D eigenvalue weighted by Crippen LogP contribution is -2.60. The van der Waals surface area contributed by atoms with Gasteiger partial charge in [-0.15, -0.1) is 0 Å². The number of phenols is 2. The number of rotatable bonds is 5. The van der Waals surface area contributed by atoms with Gasteiger partial charge in [-0.25, -0.2) is 0 Å². The Kier molecular flexibility index (Phi) is 5.95. The number of hydrogen-bond acceptors (Lipinski definition) is 12. The van der Waals surface area contributed by atoms with Crippen molar-refractivity contribution in [3.8, 4) is 28.7 Å². The summed E-state index contributed by atoms with van der Waals surface area (Å²) in [5.41, 5.74) is -1.18.